The van der Waals surface area contributed by atoms with Crippen LogP contribution in [0.5, 0.6) is 0 Å². The Balaban J connectivity index is 1.90. The van der Waals surface area contributed by atoms with Crippen LogP contribution >= 0.6 is 15.9 Å². The number of nitrogens with zero attached hydrogens (tertiary/aromatic N) is 2. The zero-order chi connectivity index (χ0) is 15.7. The second-order valence-electron chi connectivity index (χ2n) is 5.70. The fourth-order valence-corrected chi connectivity index (χ4v) is 2.99. The lowest BCUT2D eigenvalue weighted by Crippen LogP contribution is -2.39. The van der Waals surface area contributed by atoms with Gasteiger partial charge in [-0.05, 0) is 44.9 Å². The van der Waals surface area contributed by atoms with Gasteiger partial charge in [0, 0.05) is 17.1 Å². The first-order valence-corrected chi connectivity index (χ1v) is 8.05. The fraction of sp³-hybridized carbons (Fsp3) is 0.375. The van der Waals surface area contributed by atoms with E-state index in [1.54, 1.807) is 4.68 Å². The lowest BCUT2D eigenvalue weighted by atomic mass is 10.0. The molecular formula is C16H18BrN3O2. The summed E-state index contributed by atoms with van der Waals surface area (Å²) in [7, 11) is 0. The molecule has 0 spiro atoms. The van der Waals surface area contributed by atoms with E-state index in [0.717, 1.165) is 28.7 Å². The molecular weight excluding hydrogens is 346 g/mol. The topological polar surface area (TPSA) is 56.1 Å². The fourth-order valence-electron chi connectivity index (χ4n) is 2.60. The van der Waals surface area contributed by atoms with Gasteiger partial charge in [-0.2, -0.15) is 5.10 Å². The van der Waals surface area contributed by atoms with Crippen molar-refractivity contribution in [1.29, 1.82) is 0 Å². The number of amides is 1. The summed E-state index contributed by atoms with van der Waals surface area (Å²) in [4.78, 5) is 12.5. The second-order valence-corrected chi connectivity index (χ2v) is 6.62. The number of hydrogen-bond donors (Lipinski definition) is 1. The molecule has 0 radical (unpaired) electrons. The van der Waals surface area contributed by atoms with Crippen molar-refractivity contribution in [3.05, 3.63) is 40.5 Å². The highest BCUT2D eigenvalue weighted by atomic mass is 79.9. The molecule has 0 saturated carbocycles. The monoisotopic (exact) mass is 363 g/mol. The average Bonchev–Trinajstić information content (AvgIpc) is 3.06. The largest absolute Gasteiger partial charge is 0.365 e. The zero-order valence-corrected chi connectivity index (χ0v) is 14.2. The van der Waals surface area contributed by atoms with Crippen LogP contribution in [0.3, 0.4) is 0 Å². The number of benzene rings is 1. The minimum atomic E-state index is -0.750. The van der Waals surface area contributed by atoms with Gasteiger partial charge in [0.25, 0.3) is 5.91 Å². The number of carbonyl (C=O) groups is 1. The van der Waals surface area contributed by atoms with Crippen molar-refractivity contribution in [2.24, 2.45) is 0 Å². The van der Waals surface area contributed by atoms with Crippen molar-refractivity contribution in [2.75, 3.05) is 11.9 Å². The molecule has 22 heavy (non-hydrogen) atoms. The summed E-state index contributed by atoms with van der Waals surface area (Å²) in [5.74, 6) is 0.526. The van der Waals surface area contributed by atoms with E-state index in [2.05, 4.69) is 26.3 Å². The van der Waals surface area contributed by atoms with Gasteiger partial charge in [0.2, 0.25) is 0 Å². The van der Waals surface area contributed by atoms with Gasteiger partial charge in [-0.25, -0.2) is 4.68 Å². The van der Waals surface area contributed by atoms with Crippen molar-refractivity contribution < 1.29 is 9.53 Å². The molecule has 1 atom stereocenters. The third-order valence-corrected chi connectivity index (χ3v) is 4.32. The molecule has 3 rings (SSSR count). The summed E-state index contributed by atoms with van der Waals surface area (Å²) in [6, 6.07) is 9.64. The number of ether oxygens (including phenoxy) is 1. The van der Waals surface area contributed by atoms with Gasteiger partial charge in [-0.3, -0.25) is 4.79 Å². The van der Waals surface area contributed by atoms with E-state index >= 15 is 0 Å². The highest BCUT2D eigenvalue weighted by Crippen LogP contribution is 2.27. The predicted molar refractivity (Wildman–Crippen MR) is 88.2 cm³/mol. The SMILES string of the molecule is Cc1cc(NC(=O)C2(C)CCCO2)n(-c2cccc(Br)c2)n1. The van der Waals surface area contributed by atoms with E-state index in [-0.39, 0.29) is 5.91 Å². The number of carbonyl (C=O) groups excluding carboxylic acids is 1. The van der Waals surface area contributed by atoms with Crippen LogP contribution in [0.1, 0.15) is 25.5 Å². The van der Waals surface area contributed by atoms with Gasteiger partial charge in [0.15, 0.2) is 0 Å². The Hall–Kier alpha value is -1.66. The molecule has 6 heteroatoms. The first kappa shape index (κ1) is 15.2. The summed E-state index contributed by atoms with van der Waals surface area (Å²) in [6.45, 7) is 4.37. The van der Waals surface area contributed by atoms with Crippen LogP contribution in [0.4, 0.5) is 5.82 Å². The maximum Gasteiger partial charge on any atom is 0.257 e. The normalized spacial score (nSPS) is 21.0. The maximum absolute atomic E-state index is 12.5. The summed E-state index contributed by atoms with van der Waals surface area (Å²) in [6.07, 6.45) is 1.65. The van der Waals surface area contributed by atoms with Gasteiger partial charge < -0.3 is 10.1 Å². The van der Waals surface area contributed by atoms with E-state index in [1.807, 2.05) is 44.2 Å². The molecule has 1 aliphatic rings. The highest BCUT2D eigenvalue weighted by Gasteiger charge is 2.38. The molecule has 1 N–H and O–H groups in total. The quantitative estimate of drug-likeness (QED) is 0.908. The molecule has 1 saturated heterocycles. The number of aromatic nitrogens is 2. The first-order chi connectivity index (χ1) is 10.5. The van der Waals surface area contributed by atoms with Crippen LogP contribution in [0.15, 0.2) is 34.8 Å². The Morgan fingerprint density at radius 1 is 1.45 bits per heavy atom. The Bertz CT molecular complexity index is 705. The molecule has 116 valence electrons. The highest BCUT2D eigenvalue weighted by molar-refractivity contribution is 9.10. The molecule has 1 aliphatic heterocycles. The van der Waals surface area contributed by atoms with Gasteiger partial charge in [0.1, 0.15) is 11.4 Å². The van der Waals surface area contributed by atoms with Crippen molar-refractivity contribution in [3.8, 4) is 5.69 Å². The minimum Gasteiger partial charge on any atom is -0.365 e. The van der Waals surface area contributed by atoms with Gasteiger partial charge in [-0.15, -0.1) is 0 Å². The first-order valence-electron chi connectivity index (χ1n) is 7.26. The summed E-state index contributed by atoms with van der Waals surface area (Å²) in [5, 5.41) is 7.42. The molecule has 1 unspecified atom stereocenters. The third kappa shape index (κ3) is 2.94. The molecule has 2 heterocycles. The van der Waals surface area contributed by atoms with Crippen molar-refractivity contribution in [2.45, 2.75) is 32.3 Å². The summed E-state index contributed by atoms with van der Waals surface area (Å²) in [5.41, 5.74) is 0.975. The number of hydrogen-bond acceptors (Lipinski definition) is 3. The van der Waals surface area contributed by atoms with E-state index < -0.39 is 5.60 Å². The molecule has 0 aliphatic carbocycles. The Morgan fingerprint density at radius 3 is 2.95 bits per heavy atom. The van der Waals surface area contributed by atoms with Crippen LogP contribution < -0.4 is 5.32 Å². The smallest absolute Gasteiger partial charge is 0.257 e. The standard InChI is InChI=1S/C16H18BrN3O2/c1-11-9-14(18-15(21)16(2)7-4-8-22-16)20(19-11)13-6-3-5-12(17)10-13/h3,5-6,9-10H,4,7-8H2,1-2H3,(H,18,21). The minimum absolute atomic E-state index is 0.124. The van der Waals surface area contributed by atoms with Gasteiger partial charge >= 0.3 is 0 Å². The summed E-state index contributed by atoms with van der Waals surface area (Å²) >= 11 is 3.46. The van der Waals surface area contributed by atoms with Gasteiger partial charge in [0.05, 0.1) is 11.4 Å². The summed E-state index contributed by atoms with van der Waals surface area (Å²) < 4.78 is 8.29. The van der Waals surface area contributed by atoms with Crippen LogP contribution in [0, 0.1) is 6.92 Å². The maximum atomic E-state index is 12.5. The predicted octanol–water partition coefficient (Wildman–Crippen LogP) is 3.45. The van der Waals surface area contributed by atoms with E-state index in [4.69, 9.17) is 4.74 Å². The Morgan fingerprint density at radius 2 is 2.27 bits per heavy atom. The molecule has 2 aromatic rings. The van der Waals surface area contributed by atoms with Crippen LogP contribution in [-0.4, -0.2) is 27.9 Å². The molecule has 1 aromatic heterocycles. The zero-order valence-electron chi connectivity index (χ0n) is 12.6. The van der Waals surface area contributed by atoms with Crippen molar-refractivity contribution >= 4 is 27.7 Å². The van der Waals surface area contributed by atoms with E-state index in [0.29, 0.717) is 12.4 Å². The van der Waals surface area contributed by atoms with Crippen LogP contribution in [0.2, 0.25) is 0 Å². The molecule has 1 fully saturated rings. The number of aryl methyl sites for hydroxylation is 1. The third-order valence-electron chi connectivity index (χ3n) is 3.83. The lowest BCUT2D eigenvalue weighted by Gasteiger charge is -2.22. The average molecular weight is 364 g/mol. The van der Waals surface area contributed by atoms with Gasteiger partial charge in [-0.1, -0.05) is 22.0 Å². The number of rotatable bonds is 3. The van der Waals surface area contributed by atoms with Crippen LogP contribution in [0.25, 0.3) is 5.69 Å². The molecule has 1 aromatic carbocycles. The second kappa shape index (κ2) is 5.85. The molecule has 5 nitrogen and oxygen atoms in total. The molecule has 1 amide bonds. The Kier molecular flexibility index (Phi) is 4.06. The number of halogens is 1. The van der Waals surface area contributed by atoms with Crippen LogP contribution in [-0.2, 0) is 9.53 Å². The van der Waals surface area contributed by atoms with Crippen molar-refractivity contribution in [1.82, 2.24) is 9.78 Å². The van der Waals surface area contributed by atoms with Crippen molar-refractivity contribution in [3.63, 3.8) is 0 Å². The number of anilines is 1. The van der Waals surface area contributed by atoms with E-state index in [9.17, 15) is 4.79 Å². The molecule has 0 bridgehead atoms. The Labute approximate surface area is 137 Å². The number of nitrogens with one attached hydrogen (secondary N) is 1. The lowest BCUT2D eigenvalue weighted by molar-refractivity contribution is -0.133. The van der Waals surface area contributed by atoms with E-state index in [1.165, 1.54) is 0 Å².